The number of thiocarbonyl (C=S) groups is 1. The molecule has 30 heavy (non-hydrogen) atoms. The lowest BCUT2D eigenvalue weighted by Gasteiger charge is -2.09. The SMILES string of the molecule is Cc1cccc(NC(=S)N=Nc2c(O)n(Cc3ccccc3)c3ccccc23)c1C. The van der Waals surface area contributed by atoms with Gasteiger partial charge in [-0.2, -0.15) is 0 Å². The van der Waals surface area contributed by atoms with E-state index >= 15 is 0 Å². The Morgan fingerprint density at radius 1 is 0.967 bits per heavy atom. The van der Waals surface area contributed by atoms with Crippen molar-refractivity contribution in [2.75, 3.05) is 5.32 Å². The summed E-state index contributed by atoms with van der Waals surface area (Å²) in [7, 11) is 0. The van der Waals surface area contributed by atoms with Gasteiger partial charge in [-0.05, 0) is 54.9 Å². The van der Waals surface area contributed by atoms with Crippen LogP contribution in [-0.2, 0) is 6.54 Å². The average Bonchev–Trinajstić information content (AvgIpc) is 3.02. The summed E-state index contributed by atoms with van der Waals surface area (Å²) in [6.07, 6.45) is 0. The maximum atomic E-state index is 10.9. The van der Waals surface area contributed by atoms with Gasteiger partial charge in [0.25, 0.3) is 0 Å². The van der Waals surface area contributed by atoms with Gasteiger partial charge in [-0.3, -0.25) is 0 Å². The molecule has 0 unspecified atom stereocenters. The van der Waals surface area contributed by atoms with Crippen LogP contribution in [0.25, 0.3) is 10.9 Å². The number of nitrogens with one attached hydrogen (secondary N) is 1. The minimum Gasteiger partial charge on any atom is -0.493 e. The molecule has 0 amide bonds. The number of fused-ring (bicyclic) bond motifs is 1. The Morgan fingerprint density at radius 2 is 1.70 bits per heavy atom. The Kier molecular flexibility index (Phi) is 5.59. The number of benzene rings is 3. The van der Waals surface area contributed by atoms with Crippen molar-refractivity contribution in [3.05, 3.63) is 89.5 Å². The third kappa shape index (κ3) is 3.95. The highest BCUT2D eigenvalue weighted by Gasteiger charge is 2.16. The molecule has 150 valence electrons. The zero-order chi connectivity index (χ0) is 21.1. The molecule has 0 bridgehead atoms. The molecule has 0 aliphatic rings. The molecule has 0 radical (unpaired) electrons. The van der Waals surface area contributed by atoms with Crippen molar-refractivity contribution < 1.29 is 5.11 Å². The number of nitrogens with zero attached hydrogens (tertiary/aromatic N) is 3. The third-order valence-corrected chi connectivity index (χ3v) is 5.37. The molecular formula is C24H22N4OS. The van der Waals surface area contributed by atoms with E-state index in [2.05, 4.69) is 15.5 Å². The number of hydrogen-bond acceptors (Lipinski definition) is 3. The molecule has 0 saturated carbocycles. The van der Waals surface area contributed by atoms with Crippen LogP contribution in [0.4, 0.5) is 11.4 Å². The summed E-state index contributed by atoms with van der Waals surface area (Å²) in [5, 5.41) is 23.5. The highest BCUT2D eigenvalue weighted by atomic mass is 32.1. The van der Waals surface area contributed by atoms with Crippen LogP contribution in [0.15, 0.2) is 83.0 Å². The molecule has 0 atom stereocenters. The van der Waals surface area contributed by atoms with Gasteiger partial charge >= 0.3 is 0 Å². The van der Waals surface area contributed by atoms with E-state index < -0.39 is 0 Å². The topological polar surface area (TPSA) is 61.9 Å². The Hall–Kier alpha value is -3.51. The first-order valence-electron chi connectivity index (χ1n) is 9.67. The zero-order valence-electron chi connectivity index (χ0n) is 16.8. The Balaban J connectivity index is 1.65. The quantitative estimate of drug-likeness (QED) is 0.296. The smallest absolute Gasteiger partial charge is 0.221 e. The number of aromatic hydroxyl groups is 1. The number of para-hydroxylation sites is 1. The maximum absolute atomic E-state index is 10.9. The first kappa shape index (κ1) is 19.8. The van der Waals surface area contributed by atoms with E-state index in [0.717, 1.165) is 27.7 Å². The number of aryl methyl sites for hydroxylation is 1. The van der Waals surface area contributed by atoms with E-state index in [9.17, 15) is 5.11 Å². The van der Waals surface area contributed by atoms with Gasteiger partial charge < -0.3 is 15.0 Å². The molecular weight excluding hydrogens is 392 g/mol. The molecule has 4 aromatic rings. The van der Waals surface area contributed by atoms with Crippen LogP contribution in [0.2, 0.25) is 0 Å². The van der Waals surface area contributed by atoms with E-state index in [4.69, 9.17) is 12.2 Å². The summed E-state index contributed by atoms with van der Waals surface area (Å²) in [5.74, 6) is 0.0679. The number of aromatic nitrogens is 1. The summed E-state index contributed by atoms with van der Waals surface area (Å²) in [5.41, 5.74) is 5.56. The second kappa shape index (κ2) is 8.47. The van der Waals surface area contributed by atoms with Gasteiger partial charge in [0.2, 0.25) is 11.0 Å². The third-order valence-electron chi connectivity index (χ3n) is 5.19. The summed E-state index contributed by atoms with van der Waals surface area (Å²) < 4.78 is 1.83. The van der Waals surface area contributed by atoms with E-state index in [1.807, 2.05) is 91.2 Å². The summed E-state index contributed by atoms with van der Waals surface area (Å²) >= 11 is 5.36. The Bertz CT molecular complexity index is 1250. The second-order valence-electron chi connectivity index (χ2n) is 7.14. The monoisotopic (exact) mass is 414 g/mol. The molecule has 0 aliphatic carbocycles. The lowest BCUT2D eigenvalue weighted by molar-refractivity contribution is 0.429. The van der Waals surface area contributed by atoms with Gasteiger partial charge in [0, 0.05) is 11.1 Å². The van der Waals surface area contributed by atoms with Crippen molar-refractivity contribution in [2.45, 2.75) is 20.4 Å². The molecule has 0 saturated heterocycles. The molecule has 3 aromatic carbocycles. The predicted molar refractivity (Wildman–Crippen MR) is 126 cm³/mol. The van der Waals surface area contributed by atoms with Crippen molar-refractivity contribution in [3.8, 4) is 5.88 Å². The van der Waals surface area contributed by atoms with Crippen LogP contribution >= 0.6 is 12.2 Å². The first-order valence-corrected chi connectivity index (χ1v) is 10.1. The van der Waals surface area contributed by atoms with E-state index in [-0.39, 0.29) is 11.0 Å². The lowest BCUT2D eigenvalue weighted by atomic mass is 10.1. The fraction of sp³-hybridized carbons (Fsp3) is 0.125. The van der Waals surface area contributed by atoms with Gasteiger partial charge in [0.1, 0.15) is 0 Å². The zero-order valence-corrected chi connectivity index (χ0v) is 17.6. The van der Waals surface area contributed by atoms with Crippen molar-refractivity contribution >= 4 is 39.6 Å². The molecule has 2 N–H and O–H groups in total. The standard InChI is InChI=1S/C24H22N4OS/c1-16-9-8-13-20(17(16)2)25-24(30)27-26-22-19-12-6-7-14-21(19)28(23(22)29)15-18-10-4-3-5-11-18/h3-14,29H,15H2,1-2H3,(H,25,30). The van der Waals surface area contributed by atoms with Crippen LogP contribution in [0.3, 0.4) is 0 Å². The molecule has 6 heteroatoms. The highest BCUT2D eigenvalue weighted by Crippen LogP contribution is 2.39. The van der Waals surface area contributed by atoms with Gasteiger partial charge in [0.05, 0.1) is 12.1 Å². The van der Waals surface area contributed by atoms with Crippen LogP contribution in [0.5, 0.6) is 5.88 Å². The fourth-order valence-electron chi connectivity index (χ4n) is 3.42. The van der Waals surface area contributed by atoms with E-state index in [0.29, 0.717) is 12.2 Å². The minimum atomic E-state index is 0.0679. The maximum Gasteiger partial charge on any atom is 0.221 e. The molecule has 5 nitrogen and oxygen atoms in total. The second-order valence-corrected chi connectivity index (χ2v) is 7.53. The summed E-state index contributed by atoms with van der Waals surface area (Å²) in [4.78, 5) is 0. The van der Waals surface area contributed by atoms with Gasteiger partial charge in [-0.15, -0.1) is 10.2 Å². The minimum absolute atomic E-state index is 0.0679. The van der Waals surface area contributed by atoms with E-state index in [1.165, 1.54) is 5.56 Å². The first-order chi connectivity index (χ1) is 14.5. The van der Waals surface area contributed by atoms with Crippen LogP contribution in [0, 0.1) is 13.8 Å². The number of anilines is 1. The number of rotatable bonds is 4. The van der Waals surface area contributed by atoms with E-state index in [1.54, 1.807) is 0 Å². The van der Waals surface area contributed by atoms with Crippen LogP contribution in [-0.4, -0.2) is 14.8 Å². The molecule has 0 fully saturated rings. The largest absolute Gasteiger partial charge is 0.493 e. The van der Waals surface area contributed by atoms with Crippen molar-refractivity contribution in [3.63, 3.8) is 0 Å². The normalized spacial score (nSPS) is 11.3. The fourth-order valence-corrected chi connectivity index (χ4v) is 3.57. The van der Waals surface area contributed by atoms with Gasteiger partial charge in [-0.1, -0.05) is 60.7 Å². The molecule has 4 rings (SSSR count). The van der Waals surface area contributed by atoms with Gasteiger partial charge in [0.15, 0.2) is 5.69 Å². The van der Waals surface area contributed by atoms with Crippen molar-refractivity contribution in [1.29, 1.82) is 0 Å². The molecule has 1 heterocycles. The van der Waals surface area contributed by atoms with Crippen molar-refractivity contribution in [2.24, 2.45) is 10.2 Å². The van der Waals surface area contributed by atoms with Gasteiger partial charge in [-0.25, -0.2) is 0 Å². The average molecular weight is 415 g/mol. The number of azo groups is 1. The summed E-state index contributed by atoms with van der Waals surface area (Å²) in [6, 6.07) is 23.7. The number of hydrogen-bond donors (Lipinski definition) is 2. The van der Waals surface area contributed by atoms with Crippen LogP contribution in [0.1, 0.15) is 16.7 Å². The van der Waals surface area contributed by atoms with Crippen molar-refractivity contribution in [1.82, 2.24) is 4.57 Å². The Labute approximate surface area is 180 Å². The van der Waals surface area contributed by atoms with Crippen LogP contribution < -0.4 is 5.32 Å². The molecule has 0 spiro atoms. The lowest BCUT2D eigenvalue weighted by Crippen LogP contribution is -2.06. The molecule has 0 aliphatic heterocycles. The highest BCUT2D eigenvalue weighted by molar-refractivity contribution is 7.80. The Morgan fingerprint density at radius 3 is 2.50 bits per heavy atom. The molecule has 1 aromatic heterocycles. The predicted octanol–water partition coefficient (Wildman–Crippen LogP) is 6.49. The summed E-state index contributed by atoms with van der Waals surface area (Å²) in [6.45, 7) is 4.61.